The van der Waals surface area contributed by atoms with Crippen molar-refractivity contribution in [1.82, 2.24) is 9.97 Å². The Morgan fingerprint density at radius 1 is 1.60 bits per heavy atom. The molecule has 80 valence electrons. The Hall–Kier alpha value is -1.67. The zero-order valence-electron chi connectivity index (χ0n) is 8.97. The molecule has 0 aliphatic heterocycles. The molecule has 0 radical (unpaired) electrons. The number of anilines is 1. The van der Waals surface area contributed by atoms with E-state index in [0.717, 1.165) is 13.1 Å². The van der Waals surface area contributed by atoms with Crippen molar-refractivity contribution in [2.45, 2.75) is 6.92 Å². The van der Waals surface area contributed by atoms with E-state index in [1.165, 1.54) is 0 Å². The monoisotopic (exact) mass is 206 g/mol. The summed E-state index contributed by atoms with van der Waals surface area (Å²) in [4.78, 5) is 10.2. The smallest absolute Gasteiger partial charge is 0.226 e. The Morgan fingerprint density at radius 2 is 2.40 bits per heavy atom. The molecule has 0 N–H and O–H groups in total. The molecule has 0 saturated carbocycles. The van der Waals surface area contributed by atoms with Gasteiger partial charge in [0, 0.05) is 26.4 Å². The minimum Gasteiger partial charge on any atom is -0.383 e. The number of aromatic nitrogens is 2. The van der Waals surface area contributed by atoms with Crippen molar-refractivity contribution in [2.24, 2.45) is 0 Å². The zero-order chi connectivity index (χ0) is 11.1. The quantitative estimate of drug-likeness (QED) is 0.713. The molecule has 0 fully saturated rings. The molecule has 1 rings (SSSR count). The maximum Gasteiger partial charge on any atom is 0.226 e. The Balaban J connectivity index is 2.78. The van der Waals surface area contributed by atoms with Crippen molar-refractivity contribution >= 4 is 5.95 Å². The fourth-order valence-electron chi connectivity index (χ4n) is 1.16. The summed E-state index contributed by atoms with van der Waals surface area (Å²) in [5, 5.41) is 8.71. The van der Waals surface area contributed by atoms with Gasteiger partial charge in [-0.15, -0.1) is 0 Å². The number of nitriles is 1. The van der Waals surface area contributed by atoms with Crippen LogP contribution < -0.4 is 4.90 Å². The van der Waals surface area contributed by atoms with Crippen LogP contribution in [0.3, 0.4) is 0 Å². The first-order valence-electron chi connectivity index (χ1n) is 4.78. The average molecular weight is 206 g/mol. The van der Waals surface area contributed by atoms with Crippen LogP contribution >= 0.6 is 0 Å². The normalized spacial score (nSPS) is 9.67. The summed E-state index contributed by atoms with van der Waals surface area (Å²) in [6, 6.07) is 3.58. The molecular formula is C10H14N4O. The van der Waals surface area contributed by atoms with Gasteiger partial charge in [0.05, 0.1) is 6.61 Å². The van der Waals surface area contributed by atoms with Gasteiger partial charge < -0.3 is 9.64 Å². The lowest BCUT2D eigenvalue weighted by atomic mass is 10.4. The van der Waals surface area contributed by atoms with Crippen LogP contribution in [0, 0.1) is 11.3 Å². The van der Waals surface area contributed by atoms with E-state index in [0.29, 0.717) is 18.2 Å². The van der Waals surface area contributed by atoms with Crippen LogP contribution in [0.4, 0.5) is 5.95 Å². The number of hydrogen-bond acceptors (Lipinski definition) is 5. The summed E-state index contributed by atoms with van der Waals surface area (Å²) in [6.07, 6.45) is 1.59. The Morgan fingerprint density at radius 3 is 3.00 bits per heavy atom. The van der Waals surface area contributed by atoms with Crippen LogP contribution in [0.2, 0.25) is 0 Å². The summed E-state index contributed by atoms with van der Waals surface area (Å²) >= 11 is 0. The maximum atomic E-state index is 8.71. The molecule has 0 saturated heterocycles. The minimum absolute atomic E-state index is 0.385. The minimum atomic E-state index is 0.385. The first-order chi connectivity index (χ1) is 7.31. The summed E-state index contributed by atoms with van der Waals surface area (Å²) in [7, 11) is 1.65. The highest BCUT2D eigenvalue weighted by Crippen LogP contribution is 2.06. The van der Waals surface area contributed by atoms with Crippen LogP contribution in [0.5, 0.6) is 0 Å². The lowest BCUT2D eigenvalue weighted by Crippen LogP contribution is -2.28. The number of likely N-dealkylation sites (N-methyl/N-ethyl adjacent to an activating group) is 1. The molecule has 0 unspecified atom stereocenters. The molecule has 0 spiro atoms. The predicted octanol–water partition coefficient (Wildman–Crippen LogP) is 0.821. The molecular weight excluding hydrogens is 192 g/mol. The molecule has 1 heterocycles. The molecule has 0 aliphatic rings. The first-order valence-corrected chi connectivity index (χ1v) is 4.78. The van der Waals surface area contributed by atoms with Gasteiger partial charge in [-0.3, -0.25) is 0 Å². The van der Waals surface area contributed by atoms with Crippen molar-refractivity contribution in [3.63, 3.8) is 0 Å². The van der Waals surface area contributed by atoms with E-state index >= 15 is 0 Å². The van der Waals surface area contributed by atoms with Crippen molar-refractivity contribution in [1.29, 1.82) is 5.26 Å². The number of rotatable bonds is 5. The second-order valence-electron chi connectivity index (χ2n) is 2.93. The molecule has 1 aromatic rings. The average Bonchev–Trinajstić information content (AvgIpc) is 2.30. The van der Waals surface area contributed by atoms with E-state index in [2.05, 4.69) is 9.97 Å². The van der Waals surface area contributed by atoms with Crippen LogP contribution in [-0.2, 0) is 4.74 Å². The molecule has 0 amide bonds. The fraction of sp³-hybridized carbons (Fsp3) is 0.500. The Labute approximate surface area is 89.3 Å². The molecule has 0 bridgehead atoms. The highest BCUT2D eigenvalue weighted by Gasteiger charge is 2.07. The van der Waals surface area contributed by atoms with Crippen molar-refractivity contribution in [2.75, 3.05) is 31.7 Å². The van der Waals surface area contributed by atoms with Crippen molar-refractivity contribution in [3.05, 3.63) is 18.0 Å². The Kier molecular flexibility index (Phi) is 4.51. The van der Waals surface area contributed by atoms with Gasteiger partial charge in [0.25, 0.3) is 0 Å². The standard InChI is InChI=1S/C10H14N4O/c1-3-14(6-7-15-2)10-12-5-4-9(8-11)13-10/h4-5H,3,6-7H2,1-2H3. The second kappa shape index (κ2) is 5.94. The van der Waals surface area contributed by atoms with E-state index in [1.54, 1.807) is 19.4 Å². The number of methoxy groups -OCH3 is 1. The Bertz CT molecular complexity index is 348. The summed E-state index contributed by atoms with van der Waals surface area (Å²) in [5.74, 6) is 0.577. The van der Waals surface area contributed by atoms with E-state index in [1.807, 2.05) is 17.9 Å². The molecule has 5 heteroatoms. The maximum absolute atomic E-state index is 8.71. The van der Waals surface area contributed by atoms with Crippen molar-refractivity contribution < 1.29 is 4.74 Å². The van der Waals surface area contributed by atoms with Crippen LogP contribution in [0.25, 0.3) is 0 Å². The van der Waals surface area contributed by atoms with Gasteiger partial charge >= 0.3 is 0 Å². The summed E-state index contributed by atoms with van der Waals surface area (Å²) in [6.45, 7) is 4.15. The largest absolute Gasteiger partial charge is 0.383 e. The topological polar surface area (TPSA) is 62.0 Å². The third-order valence-corrected chi connectivity index (χ3v) is 1.99. The van der Waals surface area contributed by atoms with E-state index in [4.69, 9.17) is 10.00 Å². The highest BCUT2D eigenvalue weighted by atomic mass is 16.5. The molecule has 0 aliphatic carbocycles. The molecule has 0 aromatic carbocycles. The van der Waals surface area contributed by atoms with Gasteiger partial charge in [0.1, 0.15) is 11.8 Å². The first kappa shape index (κ1) is 11.4. The lowest BCUT2D eigenvalue weighted by molar-refractivity contribution is 0.205. The molecule has 5 nitrogen and oxygen atoms in total. The van der Waals surface area contributed by atoms with Gasteiger partial charge in [-0.05, 0) is 13.0 Å². The van der Waals surface area contributed by atoms with E-state index in [-0.39, 0.29) is 0 Å². The van der Waals surface area contributed by atoms with Gasteiger partial charge in [-0.2, -0.15) is 5.26 Å². The zero-order valence-corrected chi connectivity index (χ0v) is 8.97. The predicted molar refractivity (Wildman–Crippen MR) is 56.5 cm³/mol. The lowest BCUT2D eigenvalue weighted by Gasteiger charge is -2.19. The van der Waals surface area contributed by atoms with Gasteiger partial charge in [-0.25, -0.2) is 9.97 Å². The summed E-state index contributed by atoms with van der Waals surface area (Å²) in [5.41, 5.74) is 0.385. The molecule has 15 heavy (non-hydrogen) atoms. The second-order valence-corrected chi connectivity index (χ2v) is 2.93. The van der Waals surface area contributed by atoms with Crippen LogP contribution in [0.15, 0.2) is 12.3 Å². The third-order valence-electron chi connectivity index (χ3n) is 1.99. The number of ether oxygens (including phenoxy) is 1. The fourth-order valence-corrected chi connectivity index (χ4v) is 1.16. The van der Waals surface area contributed by atoms with E-state index < -0.39 is 0 Å². The third kappa shape index (κ3) is 3.18. The molecule has 1 aromatic heterocycles. The number of hydrogen-bond donors (Lipinski definition) is 0. The molecule has 0 atom stereocenters. The van der Waals surface area contributed by atoms with Gasteiger partial charge in [0.15, 0.2) is 0 Å². The summed E-state index contributed by atoms with van der Waals surface area (Å²) < 4.78 is 4.99. The van der Waals surface area contributed by atoms with Crippen LogP contribution in [0.1, 0.15) is 12.6 Å². The number of nitrogens with zero attached hydrogens (tertiary/aromatic N) is 4. The van der Waals surface area contributed by atoms with Gasteiger partial charge in [-0.1, -0.05) is 0 Å². The van der Waals surface area contributed by atoms with Crippen molar-refractivity contribution in [3.8, 4) is 6.07 Å². The van der Waals surface area contributed by atoms with Gasteiger partial charge in [0.2, 0.25) is 5.95 Å². The van der Waals surface area contributed by atoms with Crippen LogP contribution in [-0.4, -0.2) is 36.8 Å². The SMILES string of the molecule is CCN(CCOC)c1nccc(C#N)n1. The highest BCUT2D eigenvalue weighted by molar-refractivity contribution is 5.33. The van der Waals surface area contributed by atoms with E-state index in [9.17, 15) is 0 Å².